The van der Waals surface area contributed by atoms with Gasteiger partial charge in [-0.15, -0.1) is 0 Å². The number of nitrogens with zero attached hydrogens (tertiary/aromatic N) is 1. The number of aromatic nitrogens is 1. The van der Waals surface area contributed by atoms with E-state index in [-0.39, 0.29) is 5.91 Å². The Morgan fingerprint density at radius 2 is 2.05 bits per heavy atom. The van der Waals surface area contributed by atoms with Gasteiger partial charge in [0.1, 0.15) is 12.4 Å². The van der Waals surface area contributed by atoms with E-state index >= 15 is 0 Å². The molecular formula is C17H19N3O2. The largest absolute Gasteiger partial charge is 0.487 e. The molecule has 2 rings (SSSR count). The predicted octanol–water partition coefficient (Wildman–Crippen LogP) is 2.55. The molecule has 3 N–H and O–H groups in total. The summed E-state index contributed by atoms with van der Waals surface area (Å²) in [5, 5.41) is 2.85. The summed E-state index contributed by atoms with van der Waals surface area (Å²) in [6.45, 7) is 6.44. The maximum absolute atomic E-state index is 12.2. The van der Waals surface area contributed by atoms with Crippen LogP contribution < -0.4 is 15.8 Å². The van der Waals surface area contributed by atoms with Crippen molar-refractivity contribution in [2.24, 2.45) is 0 Å². The Kier molecular flexibility index (Phi) is 5.14. The molecule has 0 aliphatic heterocycles. The standard InChI is InChI=1S/C17H19N3O2/c1-12(2)11-22-16-9-14(3-4-15(16)18)17(21)20-10-13-5-7-19-8-6-13/h3-9H,1,10-11,18H2,2H3,(H,20,21). The van der Waals surface area contributed by atoms with E-state index in [0.717, 1.165) is 11.1 Å². The minimum atomic E-state index is -0.183. The van der Waals surface area contributed by atoms with Crippen LogP contribution in [0.5, 0.6) is 5.75 Å². The molecule has 2 aromatic rings. The second-order valence-electron chi connectivity index (χ2n) is 5.04. The highest BCUT2D eigenvalue weighted by Gasteiger charge is 2.09. The van der Waals surface area contributed by atoms with Crippen molar-refractivity contribution in [1.29, 1.82) is 0 Å². The number of ether oxygens (including phenoxy) is 1. The number of anilines is 1. The lowest BCUT2D eigenvalue weighted by molar-refractivity contribution is 0.0950. The molecule has 5 nitrogen and oxygen atoms in total. The molecule has 0 unspecified atom stereocenters. The fraction of sp³-hybridized carbons (Fsp3) is 0.176. The third-order valence-electron chi connectivity index (χ3n) is 2.95. The lowest BCUT2D eigenvalue weighted by atomic mass is 10.1. The van der Waals surface area contributed by atoms with Gasteiger partial charge in [0.25, 0.3) is 5.91 Å². The van der Waals surface area contributed by atoms with Crippen LogP contribution in [-0.2, 0) is 6.54 Å². The molecule has 0 spiro atoms. The number of hydrogen-bond acceptors (Lipinski definition) is 4. The summed E-state index contributed by atoms with van der Waals surface area (Å²) in [6, 6.07) is 8.68. The van der Waals surface area contributed by atoms with Gasteiger partial charge in [-0.2, -0.15) is 0 Å². The van der Waals surface area contributed by atoms with Crippen LogP contribution in [0.2, 0.25) is 0 Å². The first-order valence-electron chi connectivity index (χ1n) is 6.90. The first kappa shape index (κ1) is 15.6. The third kappa shape index (κ3) is 4.34. The Labute approximate surface area is 129 Å². The molecule has 22 heavy (non-hydrogen) atoms. The Balaban J connectivity index is 2.03. The molecule has 0 aliphatic rings. The lowest BCUT2D eigenvalue weighted by Crippen LogP contribution is -2.22. The van der Waals surface area contributed by atoms with Crippen molar-refractivity contribution in [2.45, 2.75) is 13.5 Å². The van der Waals surface area contributed by atoms with Crippen molar-refractivity contribution in [3.8, 4) is 5.75 Å². The smallest absolute Gasteiger partial charge is 0.251 e. The number of hydrogen-bond donors (Lipinski definition) is 2. The minimum Gasteiger partial charge on any atom is -0.487 e. The van der Waals surface area contributed by atoms with Crippen molar-refractivity contribution in [3.05, 3.63) is 66.0 Å². The van der Waals surface area contributed by atoms with Gasteiger partial charge in [-0.25, -0.2) is 0 Å². The van der Waals surface area contributed by atoms with Gasteiger partial charge in [-0.05, 0) is 48.4 Å². The number of carbonyl (C=O) groups is 1. The van der Waals surface area contributed by atoms with Crippen molar-refractivity contribution in [1.82, 2.24) is 10.3 Å². The zero-order valence-corrected chi connectivity index (χ0v) is 12.5. The van der Waals surface area contributed by atoms with Crippen LogP contribution in [0.3, 0.4) is 0 Å². The van der Waals surface area contributed by atoms with E-state index in [4.69, 9.17) is 10.5 Å². The van der Waals surface area contributed by atoms with Gasteiger partial charge in [0.15, 0.2) is 0 Å². The van der Waals surface area contributed by atoms with Crippen molar-refractivity contribution >= 4 is 11.6 Å². The molecule has 0 radical (unpaired) electrons. The Hall–Kier alpha value is -2.82. The van der Waals surface area contributed by atoms with Crippen LogP contribution in [0.25, 0.3) is 0 Å². The molecule has 0 saturated carbocycles. The summed E-state index contributed by atoms with van der Waals surface area (Å²) in [4.78, 5) is 16.1. The number of pyridine rings is 1. The second-order valence-corrected chi connectivity index (χ2v) is 5.04. The molecule has 0 bridgehead atoms. The first-order chi connectivity index (χ1) is 10.6. The van der Waals surface area contributed by atoms with Crippen LogP contribution in [-0.4, -0.2) is 17.5 Å². The molecule has 0 aliphatic carbocycles. The quantitative estimate of drug-likeness (QED) is 0.634. The van der Waals surface area contributed by atoms with Crippen molar-refractivity contribution in [2.75, 3.05) is 12.3 Å². The topological polar surface area (TPSA) is 77.2 Å². The molecule has 1 heterocycles. The Morgan fingerprint density at radius 1 is 1.32 bits per heavy atom. The van der Waals surface area contributed by atoms with E-state index in [1.54, 1.807) is 30.6 Å². The molecule has 0 saturated heterocycles. The van der Waals surface area contributed by atoms with Gasteiger partial charge in [0.05, 0.1) is 5.69 Å². The van der Waals surface area contributed by atoms with Gasteiger partial charge >= 0.3 is 0 Å². The van der Waals surface area contributed by atoms with Crippen molar-refractivity contribution in [3.63, 3.8) is 0 Å². The molecule has 5 heteroatoms. The van der Waals surface area contributed by atoms with Gasteiger partial charge in [0.2, 0.25) is 0 Å². The fourth-order valence-corrected chi connectivity index (χ4v) is 1.79. The highest BCUT2D eigenvalue weighted by molar-refractivity contribution is 5.95. The summed E-state index contributed by atoms with van der Waals surface area (Å²) in [7, 11) is 0. The van der Waals surface area contributed by atoms with E-state index < -0.39 is 0 Å². The van der Waals surface area contributed by atoms with Gasteiger partial charge in [-0.1, -0.05) is 6.58 Å². The summed E-state index contributed by atoms with van der Waals surface area (Å²) in [5.41, 5.74) is 8.71. The summed E-state index contributed by atoms with van der Waals surface area (Å²) >= 11 is 0. The van der Waals surface area contributed by atoms with E-state index in [1.165, 1.54) is 0 Å². The highest BCUT2D eigenvalue weighted by atomic mass is 16.5. The summed E-state index contributed by atoms with van der Waals surface area (Å²) in [5.74, 6) is 0.302. The average Bonchev–Trinajstić information content (AvgIpc) is 2.52. The molecular weight excluding hydrogens is 278 g/mol. The monoisotopic (exact) mass is 297 g/mol. The summed E-state index contributed by atoms with van der Waals surface area (Å²) < 4.78 is 5.54. The van der Waals surface area contributed by atoms with E-state index in [1.807, 2.05) is 19.1 Å². The summed E-state index contributed by atoms with van der Waals surface area (Å²) in [6.07, 6.45) is 3.38. The molecule has 114 valence electrons. The van der Waals surface area contributed by atoms with Crippen LogP contribution >= 0.6 is 0 Å². The Morgan fingerprint density at radius 3 is 2.73 bits per heavy atom. The lowest BCUT2D eigenvalue weighted by Gasteiger charge is -2.11. The van der Waals surface area contributed by atoms with Crippen LogP contribution in [0.15, 0.2) is 54.9 Å². The van der Waals surface area contributed by atoms with E-state index in [0.29, 0.717) is 30.2 Å². The van der Waals surface area contributed by atoms with Crippen LogP contribution in [0.1, 0.15) is 22.8 Å². The first-order valence-corrected chi connectivity index (χ1v) is 6.90. The minimum absolute atomic E-state index is 0.183. The third-order valence-corrected chi connectivity index (χ3v) is 2.95. The van der Waals surface area contributed by atoms with Crippen LogP contribution in [0.4, 0.5) is 5.69 Å². The normalized spacial score (nSPS) is 10.0. The molecule has 0 fully saturated rings. The number of benzene rings is 1. The maximum Gasteiger partial charge on any atom is 0.251 e. The van der Waals surface area contributed by atoms with Crippen molar-refractivity contribution < 1.29 is 9.53 Å². The number of nitrogen functional groups attached to an aromatic ring is 1. The number of nitrogens with two attached hydrogens (primary N) is 1. The number of carbonyl (C=O) groups excluding carboxylic acids is 1. The maximum atomic E-state index is 12.2. The molecule has 0 atom stereocenters. The average molecular weight is 297 g/mol. The van der Waals surface area contributed by atoms with E-state index in [2.05, 4.69) is 16.9 Å². The van der Waals surface area contributed by atoms with Gasteiger partial charge in [-0.3, -0.25) is 9.78 Å². The molecule has 1 aromatic heterocycles. The zero-order valence-electron chi connectivity index (χ0n) is 12.5. The zero-order chi connectivity index (χ0) is 15.9. The Bertz CT molecular complexity index is 669. The number of rotatable bonds is 6. The molecule has 1 amide bonds. The number of amides is 1. The SMILES string of the molecule is C=C(C)COc1cc(C(=O)NCc2ccncc2)ccc1N. The second kappa shape index (κ2) is 7.26. The number of nitrogens with one attached hydrogen (secondary N) is 1. The van der Waals surface area contributed by atoms with E-state index in [9.17, 15) is 4.79 Å². The van der Waals surface area contributed by atoms with Gasteiger partial charge < -0.3 is 15.8 Å². The molecule has 1 aromatic carbocycles. The van der Waals surface area contributed by atoms with Gasteiger partial charge in [0, 0.05) is 24.5 Å². The fourth-order valence-electron chi connectivity index (χ4n) is 1.79. The van der Waals surface area contributed by atoms with Crippen LogP contribution in [0, 0.1) is 0 Å². The predicted molar refractivity (Wildman–Crippen MR) is 86.6 cm³/mol. The highest BCUT2D eigenvalue weighted by Crippen LogP contribution is 2.23.